The topological polar surface area (TPSA) is 123 Å². The van der Waals surface area contributed by atoms with Crippen LogP contribution in [0.15, 0.2) is 79.1 Å². The monoisotopic (exact) mass is 811 g/mol. The maximum atomic E-state index is 12.2. The second kappa shape index (κ2) is 24.0. The van der Waals surface area contributed by atoms with Crippen LogP contribution in [0.4, 0.5) is 0 Å². The Morgan fingerprint density at radius 3 is 1.85 bits per heavy atom. The van der Waals surface area contributed by atoms with Crippen LogP contribution in [0.1, 0.15) is 133 Å². The molecular formula is C51H70O8. The first-order chi connectivity index (χ1) is 28.5. The zero-order chi connectivity index (χ0) is 42.8. The van der Waals surface area contributed by atoms with E-state index in [-0.39, 0.29) is 33.0 Å². The third-order valence-electron chi connectivity index (χ3n) is 12.1. The Hall–Kier alpha value is -4.40. The summed E-state index contributed by atoms with van der Waals surface area (Å²) in [5.74, 6) is 0.319. The number of aliphatic hydroxyl groups is 3. The Bertz CT molecular complexity index is 1760. The lowest BCUT2D eigenvalue weighted by atomic mass is 9.77. The van der Waals surface area contributed by atoms with Gasteiger partial charge in [-0.2, -0.15) is 0 Å². The molecule has 8 heteroatoms. The van der Waals surface area contributed by atoms with Gasteiger partial charge in [-0.1, -0.05) is 95.5 Å². The maximum absolute atomic E-state index is 12.2. The second-order valence-electron chi connectivity index (χ2n) is 16.7. The number of carbonyl (C=O) groups excluding carboxylic acids is 2. The fourth-order valence-electron chi connectivity index (χ4n) is 8.43. The van der Waals surface area contributed by atoms with E-state index in [1.165, 1.54) is 60.8 Å². The molecule has 0 saturated heterocycles. The molecule has 0 amide bonds. The van der Waals surface area contributed by atoms with Gasteiger partial charge in [0, 0.05) is 11.0 Å². The lowest BCUT2D eigenvalue weighted by molar-refractivity contribution is -0.142. The quantitative estimate of drug-likeness (QED) is 0.0335. The van der Waals surface area contributed by atoms with Crippen molar-refractivity contribution in [2.24, 2.45) is 11.3 Å². The highest BCUT2D eigenvalue weighted by Gasteiger charge is 2.29. The predicted molar refractivity (Wildman–Crippen MR) is 238 cm³/mol. The van der Waals surface area contributed by atoms with E-state index in [4.69, 9.17) is 14.2 Å². The number of rotatable bonds is 25. The van der Waals surface area contributed by atoms with Crippen molar-refractivity contribution < 1.29 is 39.1 Å². The molecule has 0 radical (unpaired) electrons. The van der Waals surface area contributed by atoms with E-state index in [2.05, 4.69) is 88.5 Å². The molecule has 0 aromatic heterocycles. The van der Waals surface area contributed by atoms with Crippen LogP contribution >= 0.6 is 0 Å². The molecule has 8 nitrogen and oxygen atoms in total. The van der Waals surface area contributed by atoms with Crippen LogP contribution in [0, 0.1) is 11.3 Å². The normalized spacial score (nSPS) is 15.4. The Kier molecular flexibility index (Phi) is 19.2. The van der Waals surface area contributed by atoms with Gasteiger partial charge in [0.2, 0.25) is 0 Å². The third-order valence-corrected chi connectivity index (χ3v) is 12.1. The molecule has 3 aromatic rings. The summed E-state index contributed by atoms with van der Waals surface area (Å²) in [6.07, 6.45) is 13.8. The zero-order valence-electron chi connectivity index (χ0n) is 36.3. The highest BCUT2D eigenvalue weighted by atomic mass is 16.5. The van der Waals surface area contributed by atoms with Gasteiger partial charge >= 0.3 is 11.9 Å². The van der Waals surface area contributed by atoms with Gasteiger partial charge < -0.3 is 29.5 Å². The van der Waals surface area contributed by atoms with Gasteiger partial charge in [0.15, 0.2) is 5.76 Å². The van der Waals surface area contributed by atoms with Crippen LogP contribution < -0.4 is 4.74 Å². The number of hydrogen-bond acceptors (Lipinski definition) is 8. The number of aryl methyl sites for hydroxylation is 3. The fourth-order valence-corrected chi connectivity index (χ4v) is 8.43. The molecule has 3 N–H and O–H groups in total. The van der Waals surface area contributed by atoms with Gasteiger partial charge in [-0.25, -0.2) is 9.59 Å². The Morgan fingerprint density at radius 2 is 1.31 bits per heavy atom. The number of esters is 2. The molecule has 0 aliphatic heterocycles. The molecule has 322 valence electrons. The van der Waals surface area contributed by atoms with Crippen molar-refractivity contribution in [2.75, 3.05) is 33.0 Å². The smallest absolute Gasteiger partial charge is 0.372 e. The highest BCUT2D eigenvalue weighted by molar-refractivity contribution is 5.87. The first kappa shape index (κ1) is 47.3. The molecule has 1 aliphatic carbocycles. The molecule has 0 bridgehead atoms. The lowest BCUT2D eigenvalue weighted by Gasteiger charge is -2.30. The number of aliphatic hydroxyl groups excluding tert-OH is 3. The summed E-state index contributed by atoms with van der Waals surface area (Å²) >= 11 is 0. The summed E-state index contributed by atoms with van der Waals surface area (Å²) in [4.78, 5) is 24.2. The Morgan fingerprint density at radius 1 is 0.712 bits per heavy atom. The standard InChI is InChI=1S/C51H70O8/c1-7-10-26-51(34-52,35-53)27-30-57-48-44(14-11-28-58-49(55)36(4)5)32-46(33-45(48)15-12-29-59-50(56)37(6)54)47-25-24-43(31-39(47)9-3)42-22-20-41(21-23-42)40-18-16-38(13-8-2)17-19-40/h20-25,31-33,38,40,52-54H,4,6-19,26-30,34-35H2,1-3,5H3. The Balaban J connectivity index is 1.68. The molecular weight excluding hydrogens is 741 g/mol. The number of hydrogen-bond donors (Lipinski definition) is 3. The predicted octanol–water partition coefficient (Wildman–Crippen LogP) is 11.2. The van der Waals surface area contributed by atoms with Gasteiger partial charge in [-0.15, -0.1) is 0 Å². The average Bonchev–Trinajstić information content (AvgIpc) is 3.25. The SMILES string of the molecule is C=C(C)C(=O)OCCCc1cc(-c2ccc(-c3ccc(C4CCC(CCC)CC4)cc3)cc2CC)cc(CCCOC(=O)C(=C)O)c1OCCC(CO)(CO)CCCC. The highest BCUT2D eigenvalue weighted by Crippen LogP contribution is 2.40. The van der Waals surface area contributed by atoms with E-state index >= 15 is 0 Å². The summed E-state index contributed by atoms with van der Waals surface area (Å²) in [5.41, 5.74) is 8.74. The van der Waals surface area contributed by atoms with E-state index in [1.807, 2.05) is 0 Å². The average molecular weight is 811 g/mol. The first-order valence-electron chi connectivity index (χ1n) is 22.1. The van der Waals surface area contributed by atoms with Crippen molar-refractivity contribution in [3.63, 3.8) is 0 Å². The van der Waals surface area contributed by atoms with Gasteiger partial charge in [0.05, 0.1) is 33.0 Å². The minimum atomic E-state index is -0.853. The molecule has 4 rings (SSSR count). The van der Waals surface area contributed by atoms with E-state index in [9.17, 15) is 24.9 Å². The van der Waals surface area contributed by atoms with Crippen molar-refractivity contribution in [2.45, 2.75) is 130 Å². The summed E-state index contributed by atoms with van der Waals surface area (Å²) in [7, 11) is 0. The minimum absolute atomic E-state index is 0.0806. The molecule has 1 fully saturated rings. The molecule has 0 atom stereocenters. The fraction of sp³-hybridized carbons (Fsp3) is 0.529. The van der Waals surface area contributed by atoms with Crippen molar-refractivity contribution >= 4 is 11.9 Å². The van der Waals surface area contributed by atoms with Crippen LogP contribution in [0.3, 0.4) is 0 Å². The number of benzene rings is 3. The lowest BCUT2D eigenvalue weighted by Crippen LogP contribution is -2.32. The van der Waals surface area contributed by atoms with Crippen LogP contribution in [0.5, 0.6) is 5.75 Å². The molecule has 0 unspecified atom stereocenters. The minimum Gasteiger partial charge on any atom is -0.502 e. The number of ether oxygens (including phenoxy) is 3. The van der Waals surface area contributed by atoms with E-state index in [1.54, 1.807) is 6.92 Å². The number of carbonyl (C=O) groups is 2. The summed E-state index contributed by atoms with van der Waals surface area (Å²) in [6.45, 7) is 15.4. The molecule has 1 saturated carbocycles. The van der Waals surface area contributed by atoms with Crippen molar-refractivity contribution in [1.82, 2.24) is 0 Å². The molecule has 1 aliphatic rings. The first-order valence-corrected chi connectivity index (χ1v) is 22.1. The van der Waals surface area contributed by atoms with Gasteiger partial charge in [-0.3, -0.25) is 0 Å². The van der Waals surface area contributed by atoms with Crippen LogP contribution in [0.25, 0.3) is 22.3 Å². The molecule has 3 aromatic carbocycles. The maximum Gasteiger partial charge on any atom is 0.372 e. The molecule has 0 heterocycles. The van der Waals surface area contributed by atoms with Crippen LogP contribution in [-0.4, -0.2) is 60.3 Å². The van der Waals surface area contributed by atoms with Crippen molar-refractivity contribution in [3.8, 4) is 28.0 Å². The summed E-state index contributed by atoms with van der Waals surface area (Å²) < 4.78 is 17.3. The van der Waals surface area contributed by atoms with E-state index in [0.717, 1.165) is 47.4 Å². The van der Waals surface area contributed by atoms with E-state index < -0.39 is 23.1 Å². The molecule has 0 spiro atoms. The van der Waals surface area contributed by atoms with Crippen LogP contribution in [-0.2, 0) is 38.3 Å². The summed E-state index contributed by atoms with van der Waals surface area (Å²) in [5, 5.41) is 30.1. The van der Waals surface area contributed by atoms with Crippen molar-refractivity contribution in [3.05, 3.63) is 101 Å². The molecule has 59 heavy (non-hydrogen) atoms. The zero-order valence-corrected chi connectivity index (χ0v) is 36.3. The van der Waals surface area contributed by atoms with Gasteiger partial charge in [0.25, 0.3) is 0 Å². The summed E-state index contributed by atoms with van der Waals surface area (Å²) in [6, 6.07) is 20.2. The van der Waals surface area contributed by atoms with Gasteiger partial charge in [-0.05, 0) is 153 Å². The van der Waals surface area contributed by atoms with Gasteiger partial charge in [0.1, 0.15) is 5.75 Å². The van der Waals surface area contributed by atoms with E-state index in [0.29, 0.717) is 55.8 Å². The van der Waals surface area contributed by atoms with Crippen molar-refractivity contribution in [1.29, 1.82) is 0 Å². The Labute approximate surface area is 353 Å². The second-order valence-corrected chi connectivity index (χ2v) is 16.7. The largest absolute Gasteiger partial charge is 0.502 e. The number of unbranched alkanes of at least 4 members (excludes halogenated alkanes) is 1. The third kappa shape index (κ3) is 13.8. The van der Waals surface area contributed by atoms with Crippen LogP contribution in [0.2, 0.25) is 0 Å².